The van der Waals surface area contributed by atoms with Crippen molar-refractivity contribution < 1.29 is 4.79 Å². The summed E-state index contributed by atoms with van der Waals surface area (Å²) >= 11 is 3.43. The number of hydrogen-bond acceptors (Lipinski definition) is 3. The third-order valence-electron chi connectivity index (χ3n) is 3.35. The maximum Gasteiger partial charge on any atom is 0.150 e. The number of nitrogens with zero attached hydrogens (tertiary/aromatic N) is 2. The molecule has 3 nitrogen and oxygen atoms in total. The van der Waals surface area contributed by atoms with Gasteiger partial charge in [0.15, 0.2) is 0 Å². The van der Waals surface area contributed by atoms with Crippen LogP contribution in [0.1, 0.15) is 10.4 Å². The highest BCUT2D eigenvalue weighted by Crippen LogP contribution is 2.20. The molecule has 0 bridgehead atoms. The van der Waals surface area contributed by atoms with Crippen LogP contribution in [-0.2, 0) is 0 Å². The molecule has 2 aromatic heterocycles. The molecule has 0 aliphatic heterocycles. The van der Waals surface area contributed by atoms with Crippen molar-refractivity contribution in [3.63, 3.8) is 0 Å². The number of carbonyl (C=O) groups excluding carboxylic acids is 1. The minimum absolute atomic E-state index is 0.690. The van der Waals surface area contributed by atoms with Crippen LogP contribution in [0.4, 0.5) is 0 Å². The number of halogens is 1. The van der Waals surface area contributed by atoms with E-state index in [-0.39, 0.29) is 0 Å². The predicted molar refractivity (Wildman–Crippen MR) is 96.6 cm³/mol. The first-order chi connectivity index (χ1) is 11.3. The van der Waals surface area contributed by atoms with Crippen LogP contribution in [-0.4, -0.2) is 16.3 Å². The molecule has 0 spiro atoms. The fraction of sp³-hybridized carbons (Fsp3) is 0. The highest BCUT2D eigenvalue weighted by Gasteiger charge is 1.95. The van der Waals surface area contributed by atoms with Crippen molar-refractivity contribution in [2.24, 2.45) is 0 Å². The molecule has 0 saturated carbocycles. The summed E-state index contributed by atoms with van der Waals surface area (Å²) in [5.41, 5.74) is 2.63. The molecule has 4 aromatic rings. The van der Waals surface area contributed by atoms with E-state index in [1.807, 2.05) is 54.6 Å². The Kier molecular flexibility index (Phi) is 4.74. The van der Waals surface area contributed by atoms with Crippen LogP contribution in [0, 0.1) is 0 Å². The normalized spacial score (nSPS) is 10.1. The molecule has 0 amide bonds. The van der Waals surface area contributed by atoms with Crippen LogP contribution in [0.15, 0.2) is 77.5 Å². The Morgan fingerprint density at radius 3 is 2.35 bits per heavy atom. The summed E-state index contributed by atoms with van der Waals surface area (Å²) < 4.78 is 1.05. The van der Waals surface area contributed by atoms with E-state index >= 15 is 0 Å². The lowest BCUT2D eigenvalue weighted by molar-refractivity contribution is 0.112. The van der Waals surface area contributed by atoms with Gasteiger partial charge in [0.1, 0.15) is 6.29 Å². The second-order valence-electron chi connectivity index (χ2n) is 4.89. The van der Waals surface area contributed by atoms with Gasteiger partial charge in [-0.2, -0.15) is 0 Å². The third-order valence-corrected chi connectivity index (χ3v) is 3.99. The van der Waals surface area contributed by atoms with Gasteiger partial charge in [0.2, 0.25) is 0 Å². The number of aldehydes is 1. The Balaban J connectivity index is 0.000000136. The molecule has 4 rings (SSSR count). The molecule has 0 N–H and O–H groups in total. The summed E-state index contributed by atoms with van der Waals surface area (Å²) in [4.78, 5) is 18.8. The van der Waals surface area contributed by atoms with Crippen molar-refractivity contribution in [1.29, 1.82) is 0 Å². The minimum atomic E-state index is 0.690. The van der Waals surface area contributed by atoms with Crippen LogP contribution in [0.5, 0.6) is 0 Å². The van der Waals surface area contributed by atoms with E-state index in [9.17, 15) is 4.79 Å². The third kappa shape index (κ3) is 3.60. The van der Waals surface area contributed by atoms with Crippen molar-refractivity contribution in [3.05, 3.63) is 83.1 Å². The summed E-state index contributed by atoms with van der Waals surface area (Å²) in [6.07, 6.45) is 4.38. The van der Waals surface area contributed by atoms with Gasteiger partial charge in [0, 0.05) is 33.2 Å². The van der Waals surface area contributed by atoms with Crippen LogP contribution in [0.25, 0.3) is 21.8 Å². The summed E-state index contributed by atoms with van der Waals surface area (Å²) in [6, 6.07) is 19.3. The number of fused-ring (bicyclic) bond motifs is 2. The largest absolute Gasteiger partial charge is 0.298 e. The van der Waals surface area contributed by atoms with E-state index in [4.69, 9.17) is 0 Å². The van der Waals surface area contributed by atoms with Crippen LogP contribution < -0.4 is 0 Å². The molecular formula is C19H13BrN2O. The molecule has 0 aliphatic carbocycles. The number of rotatable bonds is 1. The van der Waals surface area contributed by atoms with E-state index in [0.717, 1.165) is 27.2 Å². The minimum Gasteiger partial charge on any atom is -0.298 e. The second-order valence-corrected chi connectivity index (χ2v) is 5.74. The quantitative estimate of drug-likeness (QED) is 0.444. The molecular weight excluding hydrogens is 352 g/mol. The van der Waals surface area contributed by atoms with E-state index in [1.165, 1.54) is 5.39 Å². The molecule has 4 heteroatoms. The molecule has 0 aliphatic rings. The van der Waals surface area contributed by atoms with E-state index in [0.29, 0.717) is 5.56 Å². The molecule has 0 radical (unpaired) electrons. The SMILES string of the molecule is Brc1cccc2cccnc12.O=Cc1ccc2ncccc2c1. The van der Waals surface area contributed by atoms with E-state index in [1.54, 1.807) is 18.5 Å². The Morgan fingerprint density at radius 1 is 0.826 bits per heavy atom. The lowest BCUT2D eigenvalue weighted by Crippen LogP contribution is -1.81. The zero-order valence-electron chi connectivity index (χ0n) is 12.2. The first-order valence-corrected chi connectivity index (χ1v) is 7.86. The number of aromatic nitrogens is 2. The summed E-state index contributed by atoms with van der Waals surface area (Å²) in [7, 11) is 0. The summed E-state index contributed by atoms with van der Waals surface area (Å²) in [5.74, 6) is 0. The summed E-state index contributed by atoms with van der Waals surface area (Å²) in [5, 5.41) is 2.17. The molecule has 0 atom stereocenters. The second kappa shape index (κ2) is 7.11. The van der Waals surface area contributed by atoms with Gasteiger partial charge < -0.3 is 0 Å². The van der Waals surface area contributed by atoms with Gasteiger partial charge in [-0.15, -0.1) is 0 Å². The predicted octanol–water partition coefficient (Wildman–Crippen LogP) is 5.04. The maximum absolute atomic E-state index is 10.4. The van der Waals surface area contributed by atoms with Crippen molar-refractivity contribution in [3.8, 4) is 0 Å². The molecule has 0 unspecified atom stereocenters. The number of carbonyl (C=O) groups is 1. The highest BCUT2D eigenvalue weighted by atomic mass is 79.9. The van der Waals surface area contributed by atoms with Crippen LogP contribution >= 0.6 is 15.9 Å². The maximum atomic E-state index is 10.4. The first-order valence-electron chi connectivity index (χ1n) is 7.07. The average molecular weight is 365 g/mol. The van der Waals surface area contributed by atoms with Crippen molar-refractivity contribution in [2.75, 3.05) is 0 Å². The smallest absolute Gasteiger partial charge is 0.150 e. The van der Waals surface area contributed by atoms with Gasteiger partial charge in [0.05, 0.1) is 11.0 Å². The van der Waals surface area contributed by atoms with Gasteiger partial charge >= 0.3 is 0 Å². The highest BCUT2D eigenvalue weighted by molar-refractivity contribution is 9.10. The Bertz CT molecular complexity index is 964. The van der Waals surface area contributed by atoms with Crippen LogP contribution in [0.3, 0.4) is 0 Å². The van der Waals surface area contributed by atoms with Gasteiger partial charge in [-0.3, -0.25) is 14.8 Å². The Morgan fingerprint density at radius 2 is 1.57 bits per heavy atom. The van der Waals surface area contributed by atoms with Gasteiger partial charge in [0.25, 0.3) is 0 Å². The lowest BCUT2D eigenvalue weighted by atomic mass is 10.1. The molecule has 2 heterocycles. The molecule has 23 heavy (non-hydrogen) atoms. The zero-order valence-corrected chi connectivity index (χ0v) is 13.8. The Hall–Kier alpha value is -2.59. The molecule has 2 aromatic carbocycles. The average Bonchev–Trinajstić information content (AvgIpc) is 2.62. The van der Waals surface area contributed by atoms with Crippen LogP contribution in [0.2, 0.25) is 0 Å². The number of pyridine rings is 2. The van der Waals surface area contributed by atoms with Crippen molar-refractivity contribution in [1.82, 2.24) is 9.97 Å². The monoisotopic (exact) mass is 364 g/mol. The van der Waals surface area contributed by atoms with E-state index in [2.05, 4.69) is 25.9 Å². The van der Waals surface area contributed by atoms with Gasteiger partial charge in [-0.25, -0.2) is 0 Å². The first kappa shape index (κ1) is 15.3. The van der Waals surface area contributed by atoms with Gasteiger partial charge in [-0.1, -0.05) is 24.3 Å². The lowest BCUT2D eigenvalue weighted by Gasteiger charge is -1.96. The van der Waals surface area contributed by atoms with Crippen molar-refractivity contribution >= 4 is 44.0 Å². The molecule has 112 valence electrons. The standard InChI is InChI=1S/C10H7NO.C9H6BrN/c12-7-8-3-4-10-9(6-8)2-1-5-11-10;10-8-5-1-3-7-4-2-6-11-9(7)8/h1-7H;1-6H. The van der Waals surface area contributed by atoms with Gasteiger partial charge in [-0.05, 0) is 52.3 Å². The zero-order chi connectivity index (χ0) is 16.1. The summed E-state index contributed by atoms with van der Waals surface area (Å²) in [6.45, 7) is 0. The molecule has 0 fully saturated rings. The number of benzene rings is 2. The fourth-order valence-electron chi connectivity index (χ4n) is 2.23. The number of para-hydroxylation sites is 1. The number of hydrogen-bond donors (Lipinski definition) is 0. The van der Waals surface area contributed by atoms with E-state index < -0.39 is 0 Å². The topological polar surface area (TPSA) is 42.9 Å². The Labute approximate surface area is 142 Å². The van der Waals surface area contributed by atoms with Crippen molar-refractivity contribution in [2.45, 2.75) is 0 Å². The molecule has 0 saturated heterocycles. The fourth-order valence-corrected chi connectivity index (χ4v) is 2.72.